The second kappa shape index (κ2) is 11.6. The number of amides is 2. The van der Waals surface area contributed by atoms with Crippen molar-refractivity contribution in [3.8, 4) is 11.3 Å². The van der Waals surface area contributed by atoms with Gasteiger partial charge in [0.15, 0.2) is 0 Å². The van der Waals surface area contributed by atoms with Gasteiger partial charge in [-0.1, -0.05) is 31.7 Å². The number of allylic oxidation sites excluding steroid dienone is 2. The first-order valence-electron chi connectivity index (χ1n) is 13.3. The van der Waals surface area contributed by atoms with E-state index in [1.807, 2.05) is 36.2 Å². The Hall–Kier alpha value is -3.94. The molecule has 2 atom stereocenters. The van der Waals surface area contributed by atoms with E-state index in [1.165, 1.54) is 24.7 Å². The van der Waals surface area contributed by atoms with Crippen LogP contribution < -0.4 is 11.1 Å². The molecule has 0 bridgehead atoms. The number of likely N-dealkylation sites (tertiary alicyclic amines) is 1. The maximum absolute atomic E-state index is 11.9. The third-order valence-corrected chi connectivity index (χ3v) is 7.53. The second-order valence-corrected chi connectivity index (χ2v) is 10.5. The van der Waals surface area contributed by atoms with Gasteiger partial charge in [0, 0.05) is 36.5 Å². The zero-order valence-electron chi connectivity index (χ0n) is 22.8. The molecule has 1 fully saturated rings. The molecular weight excluding hydrogens is 476 g/mol. The lowest BCUT2D eigenvalue weighted by atomic mass is 9.86. The Bertz CT molecular complexity index is 1370. The summed E-state index contributed by atoms with van der Waals surface area (Å²) in [4.78, 5) is 32.7. The van der Waals surface area contributed by atoms with E-state index in [0.29, 0.717) is 23.4 Å². The van der Waals surface area contributed by atoms with Crippen molar-refractivity contribution in [3.05, 3.63) is 54.4 Å². The zero-order chi connectivity index (χ0) is 27.4. The number of nitrogens with zero attached hydrogens (tertiary/aromatic N) is 4. The van der Waals surface area contributed by atoms with Crippen LogP contribution in [0.25, 0.3) is 27.9 Å². The zero-order valence-corrected chi connectivity index (χ0v) is 22.8. The Morgan fingerprint density at radius 3 is 2.47 bits per heavy atom. The molecule has 8 nitrogen and oxygen atoms in total. The number of nitrogens with one attached hydrogen (secondary N) is 1. The molecular formula is C30H38N6O2. The van der Waals surface area contributed by atoms with Crippen molar-refractivity contribution in [2.24, 2.45) is 13.0 Å². The van der Waals surface area contributed by atoms with Gasteiger partial charge in [0.2, 0.25) is 6.41 Å². The number of aromatic nitrogens is 3. The van der Waals surface area contributed by atoms with Gasteiger partial charge in [0.05, 0.1) is 11.1 Å². The van der Waals surface area contributed by atoms with Gasteiger partial charge in [-0.3, -0.25) is 9.59 Å². The van der Waals surface area contributed by atoms with Crippen LogP contribution in [-0.2, 0) is 16.6 Å². The maximum Gasteiger partial charge on any atom is 0.250 e. The van der Waals surface area contributed by atoms with Crippen molar-refractivity contribution >= 4 is 40.4 Å². The summed E-state index contributed by atoms with van der Waals surface area (Å²) in [7, 11) is 2.01. The Balaban J connectivity index is 0.000000360. The molecule has 3 N–H and O–H groups in total. The number of hydrogen-bond acceptors (Lipinski definition) is 5. The van der Waals surface area contributed by atoms with Crippen LogP contribution in [0.1, 0.15) is 58.4 Å². The minimum Gasteiger partial charge on any atom is -0.383 e. The number of fused-ring (bicyclic) bond motifs is 1. The number of aryl methyl sites for hydroxylation is 1. The first-order chi connectivity index (χ1) is 18.2. The van der Waals surface area contributed by atoms with Crippen LogP contribution in [0.4, 0.5) is 11.5 Å². The van der Waals surface area contributed by atoms with E-state index in [1.54, 1.807) is 6.92 Å². The van der Waals surface area contributed by atoms with E-state index in [4.69, 9.17) is 5.73 Å². The van der Waals surface area contributed by atoms with Crippen molar-refractivity contribution in [2.45, 2.75) is 58.9 Å². The highest BCUT2D eigenvalue weighted by atomic mass is 16.1. The Morgan fingerprint density at radius 1 is 1.18 bits per heavy atom. The van der Waals surface area contributed by atoms with Gasteiger partial charge in [-0.05, 0) is 75.1 Å². The highest BCUT2D eigenvalue weighted by Crippen LogP contribution is 2.42. The van der Waals surface area contributed by atoms with Crippen molar-refractivity contribution in [3.63, 3.8) is 0 Å². The highest BCUT2D eigenvalue weighted by Gasteiger charge is 2.24. The number of benzene rings is 1. The largest absolute Gasteiger partial charge is 0.383 e. The van der Waals surface area contributed by atoms with E-state index in [9.17, 15) is 9.59 Å². The third-order valence-electron chi connectivity index (χ3n) is 7.53. The van der Waals surface area contributed by atoms with Crippen LogP contribution >= 0.6 is 0 Å². The smallest absolute Gasteiger partial charge is 0.250 e. The average molecular weight is 515 g/mol. The van der Waals surface area contributed by atoms with Gasteiger partial charge in [-0.25, -0.2) is 9.97 Å². The Morgan fingerprint density at radius 2 is 1.92 bits per heavy atom. The Labute approximate surface area is 224 Å². The van der Waals surface area contributed by atoms with Crippen molar-refractivity contribution in [1.82, 2.24) is 19.4 Å². The van der Waals surface area contributed by atoms with E-state index in [-0.39, 0.29) is 5.91 Å². The summed E-state index contributed by atoms with van der Waals surface area (Å²) in [5.41, 5.74) is 12.9. The summed E-state index contributed by atoms with van der Waals surface area (Å²) in [5, 5.41) is 3.77. The molecule has 2 amide bonds. The number of carbonyl (C=O) groups is 2. The van der Waals surface area contributed by atoms with E-state index < -0.39 is 0 Å². The highest BCUT2D eigenvalue weighted by molar-refractivity contribution is 6.05. The molecule has 0 radical (unpaired) electrons. The summed E-state index contributed by atoms with van der Waals surface area (Å²) in [6.07, 6.45) is 10.4. The van der Waals surface area contributed by atoms with Crippen LogP contribution in [0.2, 0.25) is 0 Å². The number of rotatable bonds is 5. The summed E-state index contributed by atoms with van der Waals surface area (Å²) in [6.45, 7) is 10.7. The van der Waals surface area contributed by atoms with Crippen LogP contribution in [0.15, 0.2) is 48.8 Å². The van der Waals surface area contributed by atoms with Crippen molar-refractivity contribution < 1.29 is 9.59 Å². The van der Waals surface area contributed by atoms with Crippen LogP contribution in [0, 0.1) is 5.92 Å². The minimum absolute atomic E-state index is 0.183. The van der Waals surface area contributed by atoms with E-state index in [2.05, 4.69) is 46.4 Å². The maximum atomic E-state index is 11.9. The van der Waals surface area contributed by atoms with E-state index >= 15 is 0 Å². The van der Waals surface area contributed by atoms with Gasteiger partial charge < -0.3 is 20.5 Å². The van der Waals surface area contributed by atoms with Gasteiger partial charge in [0.25, 0.3) is 5.91 Å². The fourth-order valence-electron chi connectivity index (χ4n) is 5.18. The SMILES string of the molecule is C=C(C)C(=O)Nc1ccc(-c2c(C3=CC[C@@H](C)CC3)c3c(N)ncnc3n2C)cc1.C[C@@H]1CCCN1C=O. The predicted molar refractivity (Wildman–Crippen MR) is 154 cm³/mol. The van der Waals surface area contributed by atoms with Crippen LogP contribution in [0.3, 0.4) is 0 Å². The quantitative estimate of drug-likeness (QED) is 0.342. The molecule has 3 aromatic rings. The molecule has 0 spiro atoms. The number of nitrogens with two attached hydrogens (primary N) is 1. The molecule has 1 aliphatic heterocycles. The number of nitrogen functional groups attached to an aromatic ring is 1. The molecule has 2 aliphatic rings. The topological polar surface area (TPSA) is 106 Å². The van der Waals surface area contributed by atoms with Gasteiger partial charge in [-0.15, -0.1) is 0 Å². The lowest BCUT2D eigenvalue weighted by molar-refractivity contribution is -0.118. The van der Waals surface area contributed by atoms with Crippen LogP contribution in [-0.4, -0.2) is 44.3 Å². The monoisotopic (exact) mass is 514 g/mol. The molecule has 0 unspecified atom stereocenters. The second-order valence-electron chi connectivity index (χ2n) is 10.5. The molecule has 38 heavy (non-hydrogen) atoms. The van der Waals surface area contributed by atoms with Crippen molar-refractivity contribution in [1.29, 1.82) is 0 Å². The van der Waals surface area contributed by atoms with Gasteiger partial charge >= 0.3 is 0 Å². The van der Waals surface area contributed by atoms with E-state index in [0.717, 1.165) is 65.8 Å². The summed E-state index contributed by atoms with van der Waals surface area (Å²) in [5.74, 6) is 1.01. The molecule has 0 saturated carbocycles. The molecule has 3 heterocycles. The van der Waals surface area contributed by atoms with Crippen molar-refractivity contribution in [2.75, 3.05) is 17.6 Å². The number of anilines is 2. The lowest BCUT2D eigenvalue weighted by Gasteiger charge is -2.20. The molecule has 5 rings (SSSR count). The molecule has 1 aromatic carbocycles. The van der Waals surface area contributed by atoms with Gasteiger partial charge in [0.1, 0.15) is 17.8 Å². The summed E-state index contributed by atoms with van der Waals surface area (Å²) in [6, 6.07) is 8.34. The van der Waals surface area contributed by atoms with Crippen LogP contribution in [0.5, 0.6) is 0 Å². The fourth-order valence-corrected chi connectivity index (χ4v) is 5.18. The Kier molecular flexibility index (Phi) is 8.29. The lowest BCUT2D eigenvalue weighted by Crippen LogP contribution is -2.24. The third kappa shape index (κ3) is 5.64. The number of hydrogen-bond donors (Lipinski definition) is 2. The summed E-state index contributed by atoms with van der Waals surface area (Å²) < 4.78 is 2.09. The normalized spacial score (nSPS) is 18.9. The average Bonchev–Trinajstić information content (AvgIpc) is 3.46. The minimum atomic E-state index is -0.183. The summed E-state index contributed by atoms with van der Waals surface area (Å²) >= 11 is 0. The molecule has 1 saturated heterocycles. The fraction of sp³-hybridized carbons (Fsp3) is 0.400. The first kappa shape index (κ1) is 27.1. The standard InChI is InChI=1S/C24H27N5O.C6H11NO/c1-14(2)24(30)28-18-11-9-17(10-12-18)21-19(16-7-5-15(3)6-8-16)20-22(25)26-13-27-23(20)29(21)4;1-6-3-2-4-7(6)5-8/h7,9-13,15H,1,5-6,8H2,2-4H3,(H,28,30)(H2,25,26,27);5-6H,2-4H2,1H3/t15-;6-/m11/s1. The van der Waals surface area contributed by atoms with Gasteiger partial charge in [-0.2, -0.15) is 0 Å². The predicted octanol–water partition coefficient (Wildman–Crippen LogP) is 5.56. The first-order valence-corrected chi connectivity index (χ1v) is 13.3. The number of carbonyl (C=O) groups excluding carboxylic acids is 2. The molecule has 1 aliphatic carbocycles. The molecule has 2 aromatic heterocycles. The molecule has 8 heteroatoms. The molecule has 200 valence electrons.